The van der Waals surface area contributed by atoms with Crippen LogP contribution in [0.5, 0.6) is 5.75 Å². The van der Waals surface area contributed by atoms with E-state index in [2.05, 4.69) is 0 Å². The van der Waals surface area contributed by atoms with Crippen LogP contribution in [0.25, 0.3) is 0 Å². The van der Waals surface area contributed by atoms with Gasteiger partial charge in [-0.1, -0.05) is 11.6 Å². The number of nitrogens with zero attached hydrogens (tertiary/aromatic N) is 1. The smallest absolute Gasteiger partial charge is 0.261 e. The Bertz CT molecular complexity index is 593. The van der Waals surface area contributed by atoms with E-state index in [1.165, 1.54) is 12.1 Å². The van der Waals surface area contributed by atoms with Gasteiger partial charge in [0.2, 0.25) is 0 Å². The highest BCUT2D eigenvalue weighted by Crippen LogP contribution is 2.37. The molecule has 0 spiro atoms. The van der Waals surface area contributed by atoms with Crippen molar-refractivity contribution in [2.24, 2.45) is 0 Å². The van der Waals surface area contributed by atoms with Crippen molar-refractivity contribution in [1.82, 2.24) is 0 Å². The number of phenolic OH excluding ortho intramolecular Hbond substituents is 1. The van der Waals surface area contributed by atoms with Crippen molar-refractivity contribution in [3.8, 4) is 5.75 Å². The molecule has 1 aromatic rings. The summed E-state index contributed by atoms with van der Waals surface area (Å²) in [5, 5.41) is 9.79. The number of hydrogen-bond donors (Lipinski definition) is 1. The minimum Gasteiger partial charge on any atom is -0.506 e. The zero-order valence-electron chi connectivity index (χ0n) is 10.1. The number of anilines is 1. The second-order valence-corrected chi connectivity index (χ2v) is 5.15. The summed E-state index contributed by atoms with van der Waals surface area (Å²) < 4.78 is 0. The summed E-state index contributed by atoms with van der Waals surface area (Å²) in [6, 6.07) is 4.39. The Kier molecular flexibility index (Phi) is 2.82. The molecule has 19 heavy (non-hydrogen) atoms. The third-order valence-corrected chi connectivity index (χ3v) is 3.90. The number of carbonyl (C=O) groups is 2. The van der Waals surface area contributed by atoms with Crippen molar-refractivity contribution in [1.29, 1.82) is 0 Å². The summed E-state index contributed by atoms with van der Waals surface area (Å²) in [6.45, 7) is 0. The molecular weight excluding hydrogens is 266 g/mol. The zero-order chi connectivity index (χ0) is 13.6. The molecule has 0 fully saturated rings. The second kappa shape index (κ2) is 4.38. The van der Waals surface area contributed by atoms with Crippen LogP contribution in [0.1, 0.15) is 25.7 Å². The number of aromatic hydroxyl groups is 1. The number of benzene rings is 1. The molecule has 0 saturated heterocycles. The molecule has 0 radical (unpaired) electrons. The SMILES string of the molecule is O=C1C2=C(CCCC2)C(=O)N1c1ccc(Cl)c(O)c1. The number of hydrogen-bond acceptors (Lipinski definition) is 3. The van der Waals surface area contributed by atoms with Gasteiger partial charge in [0, 0.05) is 17.2 Å². The average Bonchev–Trinajstić information content (AvgIpc) is 2.66. The highest BCUT2D eigenvalue weighted by molar-refractivity contribution is 6.34. The van der Waals surface area contributed by atoms with Gasteiger partial charge >= 0.3 is 0 Å². The first kappa shape index (κ1) is 12.2. The Labute approximate surface area is 115 Å². The lowest BCUT2D eigenvalue weighted by molar-refractivity contribution is -0.120. The van der Waals surface area contributed by atoms with E-state index in [0.29, 0.717) is 29.7 Å². The van der Waals surface area contributed by atoms with E-state index in [0.717, 1.165) is 17.7 Å². The average molecular weight is 278 g/mol. The molecule has 1 aliphatic heterocycles. The highest BCUT2D eigenvalue weighted by atomic mass is 35.5. The normalized spacial score (nSPS) is 19.1. The topological polar surface area (TPSA) is 57.6 Å². The van der Waals surface area contributed by atoms with Crippen LogP contribution >= 0.6 is 11.6 Å². The minimum atomic E-state index is -0.263. The predicted octanol–water partition coefficient (Wildman–Crippen LogP) is 2.79. The summed E-state index contributed by atoms with van der Waals surface area (Å²) in [5.41, 5.74) is 1.63. The number of rotatable bonds is 1. The lowest BCUT2D eigenvalue weighted by Gasteiger charge is -2.15. The molecule has 1 heterocycles. The minimum absolute atomic E-state index is 0.135. The van der Waals surface area contributed by atoms with E-state index in [1.54, 1.807) is 6.07 Å². The number of imide groups is 1. The highest BCUT2D eigenvalue weighted by Gasteiger charge is 2.39. The van der Waals surface area contributed by atoms with Gasteiger partial charge < -0.3 is 5.11 Å². The molecule has 1 aromatic carbocycles. The van der Waals surface area contributed by atoms with E-state index in [-0.39, 0.29) is 22.6 Å². The first-order chi connectivity index (χ1) is 9.09. The van der Waals surface area contributed by atoms with Gasteiger partial charge in [-0.15, -0.1) is 0 Å². The largest absolute Gasteiger partial charge is 0.506 e. The maximum absolute atomic E-state index is 12.3. The molecule has 0 bridgehead atoms. The Hall–Kier alpha value is -1.81. The lowest BCUT2D eigenvalue weighted by Crippen LogP contribution is -2.31. The van der Waals surface area contributed by atoms with E-state index < -0.39 is 0 Å². The van der Waals surface area contributed by atoms with E-state index >= 15 is 0 Å². The van der Waals surface area contributed by atoms with Gasteiger partial charge in [-0.2, -0.15) is 0 Å². The van der Waals surface area contributed by atoms with Crippen LogP contribution in [0.4, 0.5) is 5.69 Å². The molecule has 5 heteroatoms. The number of halogens is 1. The maximum atomic E-state index is 12.3. The third-order valence-electron chi connectivity index (χ3n) is 3.58. The molecule has 0 atom stereocenters. The number of amides is 2. The molecule has 0 saturated carbocycles. The van der Waals surface area contributed by atoms with Crippen LogP contribution in [0.2, 0.25) is 5.02 Å². The maximum Gasteiger partial charge on any atom is 0.261 e. The molecule has 2 aliphatic rings. The van der Waals surface area contributed by atoms with Gasteiger partial charge in [0.15, 0.2) is 0 Å². The molecule has 1 N–H and O–H groups in total. The second-order valence-electron chi connectivity index (χ2n) is 4.75. The molecule has 2 amide bonds. The Balaban J connectivity index is 2.01. The molecule has 98 valence electrons. The lowest BCUT2D eigenvalue weighted by atomic mass is 9.93. The Morgan fingerprint density at radius 3 is 2.16 bits per heavy atom. The van der Waals surface area contributed by atoms with Gasteiger partial charge in [-0.05, 0) is 37.8 Å². The van der Waals surface area contributed by atoms with Crippen molar-refractivity contribution >= 4 is 29.1 Å². The molecule has 3 rings (SSSR count). The monoisotopic (exact) mass is 277 g/mol. The van der Waals surface area contributed by atoms with E-state index in [9.17, 15) is 14.7 Å². The molecule has 4 nitrogen and oxygen atoms in total. The van der Waals surface area contributed by atoms with E-state index in [4.69, 9.17) is 11.6 Å². The van der Waals surface area contributed by atoms with Crippen molar-refractivity contribution < 1.29 is 14.7 Å². The fraction of sp³-hybridized carbons (Fsp3) is 0.286. The summed E-state index contributed by atoms with van der Waals surface area (Å²) in [4.78, 5) is 25.7. The van der Waals surface area contributed by atoms with Gasteiger partial charge in [0.25, 0.3) is 11.8 Å². The van der Waals surface area contributed by atoms with Crippen LogP contribution in [-0.2, 0) is 9.59 Å². The van der Waals surface area contributed by atoms with Crippen LogP contribution in [0.3, 0.4) is 0 Å². The first-order valence-corrected chi connectivity index (χ1v) is 6.56. The first-order valence-electron chi connectivity index (χ1n) is 6.19. The van der Waals surface area contributed by atoms with Crippen LogP contribution in [0.15, 0.2) is 29.3 Å². The van der Waals surface area contributed by atoms with Crippen molar-refractivity contribution in [3.63, 3.8) is 0 Å². The summed E-state index contributed by atoms with van der Waals surface area (Å²) in [7, 11) is 0. The van der Waals surface area contributed by atoms with E-state index in [1.807, 2.05) is 0 Å². The summed E-state index contributed by atoms with van der Waals surface area (Å²) in [5.74, 6) is -0.660. The predicted molar refractivity (Wildman–Crippen MR) is 71.1 cm³/mol. The molecule has 1 aliphatic carbocycles. The Morgan fingerprint density at radius 1 is 1.05 bits per heavy atom. The van der Waals surface area contributed by atoms with Crippen LogP contribution < -0.4 is 4.90 Å². The third kappa shape index (κ3) is 1.83. The molecular formula is C14H12ClNO3. The van der Waals surface area contributed by atoms with Crippen molar-refractivity contribution in [3.05, 3.63) is 34.4 Å². The van der Waals surface area contributed by atoms with Gasteiger partial charge in [0.05, 0.1) is 10.7 Å². The standard InChI is InChI=1S/C14H12ClNO3/c15-11-6-5-8(7-12(11)17)16-13(18)9-3-1-2-4-10(9)14(16)19/h5-7,17H,1-4H2. The van der Waals surface area contributed by atoms with Crippen molar-refractivity contribution in [2.45, 2.75) is 25.7 Å². The van der Waals surface area contributed by atoms with Gasteiger partial charge in [0.1, 0.15) is 5.75 Å². The van der Waals surface area contributed by atoms with Gasteiger partial charge in [-0.25, -0.2) is 4.90 Å². The van der Waals surface area contributed by atoms with Gasteiger partial charge in [-0.3, -0.25) is 9.59 Å². The van der Waals surface area contributed by atoms with Crippen LogP contribution in [0, 0.1) is 0 Å². The molecule has 0 unspecified atom stereocenters. The number of phenols is 1. The summed E-state index contributed by atoms with van der Waals surface area (Å²) >= 11 is 5.73. The van der Waals surface area contributed by atoms with Crippen molar-refractivity contribution in [2.75, 3.05) is 4.90 Å². The number of carbonyl (C=O) groups excluding carboxylic acids is 2. The fourth-order valence-corrected chi connectivity index (χ4v) is 2.73. The zero-order valence-corrected chi connectivity index (χ0v) is 10.9. The summed E-state index contributed by atoms with van der Waals surface area (Å²) in [6.07, 6.45) is 3.21. The quantitative estimate of drug-likeness (QED) is 0.803. The van der Waals surface area contributed by atoms with Crippen LogP contribution in [-0.4, -0.2) is 16.9 Å². The fourth-order valence-electron chi connectivity index (χ4n) is 2.61. The Morgan fingerprint density at radius 2 is 1.63 bits per heavy atom. The molecule has 0 aromatic heterocycles.